The molecular weight excluding hydrogens is 576 g/mol. The van der Waals surface area contributed by atoms with Gasteiger partial charge in [0.15, 0.2) is 11.5 Å². The molecule has 0 saturated carbocycles. The van der Waals surface area contributed by atoms with E-state index in [1.54, 1.807) is 19.1 Å². The fourth-order valence-corrected chi connectivity index (χ4v) is 5.84. The standard InChI is InChI=1S/C35H28N2O8/c1-2-41-35(40)36-23-11-12-24-22(16-31(38)45-29(24)17-23)18-42-34(39)32-25-7-3-4-9-27(25)37-33-21(6-5-8-26(32)33)14-20-10-13-28-30(15-20)44-19-43-28/h3-4,7,9-17H,2,5-6,8,18-19H2,1H3,(H,36,40). The van der Waals surface area contributed by atoms with Crippen LogP contribution in [0.5, 0.6) is 11.5 Å². The monoisotopic (exact) mass is 604 g/mol. The number of fused-ring (bicyclic) bond motifs is 4. The van der Waals surface area contributed by atoms with Gasteiger partial charge in [-0.15, -0.1) is 0 Å². The fourth-order valence-electron chi connectivity index (χ4n) is 5.84. The molecule has 0 fully saturated rings. The molecule has 1 aliphatic heterocycles. The van der Waals surface area contributed by atoms with E-state index in [0.29, 0.717) is 51.0 Å². The van der Waals surface area contributed by atoms with Gasteiger partial charge in [-0.3, -0.25) is 5.32 Å². The zero-order chi connectivity index (χ0) is 30.9. The zero-order valence-corrected chi connectivity index (χ0v) is 24.4. The Morgan fingerprint density at radius 1 is 0.956 bits per heavy atom. The number of nitrogens with zero attached hydrogens (tertiary/aromatic N) is 1. The first kappa shape index (κ1) is 28.1. The van der Waals surface area contributed by atoms with Crippen molar-refractivity contribution in [2.45, 2.75) is 32.8 Å². The molecule has 3 heterocycles. The number of amides is 1. The lowest BCUT2D eigenvalue weighted by Gasteiger charge is -2.22. The van der Waals surface area contributed by atoms with Gasteiger partial charge in [0.05, 0.1) is 23.4 Å². The topological polar surface area (TPSA) is 126 Å². The Labute approximate surface area is 257 Å². The van der Waals surface area contributed by atoms with Gasteiger partial charge in [0.1, 0.15) is 12.2 Å². The molecule has 2 aromatic heterocycles. The number of benzene rings is 3. The average molecular weight is 605 g/mol. The van der Waals surface area contributed by atoms with Crippen molar-refractivity contribution < 1.29 is 33.0 Å². The molecule has 1 amide bonds. The second-order valence-electron chi connectivity index (χ2n) is 10.7. The van der Waals surface area contributed by atoms with Crippen LogP contribution in [0, 0.1) is 0 Å². The summed E-state index contributed by atoms with van der Waals surface area (Å²) in [6, 6.07) is 19.5. The summed E-state index contributed by atoms with van der Waals surface area (Å²) in [4.78, 5) is 43.2. The van der Waals surface area contributed by atoms with Gasteiger partial charge >= 0.3 is 17.7 Å². The Balaban J connectivity index is 1.22. The van der Waals surface area contributed by atoms with E-state index in [1.807, 2.05) is 42.5 Å². The molecule has 7 rings (SSSR count). The molecule has 0 radical (unpaired) electrons. The summed E-state index contributed by atoms with van der Waals surface area (Å²) in [5, 5.41) is 3.87. The molecule has 0 atom stereocenters. The van der Waals surface area contributed by atoms with E-state index >= 15 is 0 Å². The van der Waals surface area contributed by atoms with Gasteiger partial charge in [-0.05, 0) is 79.3 Å². The molecule has 2 aliphatic rings. The number of aromatic nitrogens is 1. The van der Waals surface area contributed by atoms with E-state index in [4.69, 9.17) is 28.3 Å². The third-order valence-electron chi connectivity index (χ3n) is 7.82. The van der Waals surface area contributed by atoms with Crippen LogP contribution in [0.2, 0.25) is 0 Å². The summed E-state index contributed by atoms with van der Waals surface area (Å²) in [5.74, 6) is 0.911. The van der Waals surface area contributed by atoms with Crippen molar-refractivity contribution in [2.24, 2.45) is 0 Å². The lowest BCUT2D eigenvalue weighted by Crippen LogP contribution is -2.16. The minimum atomic E-state index is -0.619. The van der Waals surface area contributed by atoms with Crippen molar-refractivity contribution in [3.05, 3.63) is 105 Å². The van der Waals surface area contributed by atoms with E-state index in [1.165, 1.54) is 12.1 Å². The van der Waals surface area contributed by atoms with Crippen molar-refractivity contribution in [3.63, 3.8) is 0 Å². The Morgan fingerprint density at radius 2 is 1.82 bits per heavy atom. The predicted molar refractivity (Wildman–Crippen MR) is 167 cm³/mol. The number of hydrogen-bond donors (Lipinski definition) is 1. The van der Waals surface area contributed by atoms with Crippen LogP contribution in [0.3, 0.4) is 0 Å². The molecule has 5 aromatic rings. The first-order valence-corrected chi connectivity index (χ1v) is 14.7. The molecular formula is C35H28N2O8. The predicted octanol–water partition coefficient (Wildman–Crippen LogP) is 6.87. The molecule has 0 unspecified atom stereocenters. The van der Waals surface area contributed by atoms with E-state index in [9.17, 15) is 14.4 Å². The van der Waals surface area contributed by atoms with Crippen LogP contribution in [-0.2, 0) is 22.5 Å². The highest BCUT2D eigenvalue weighted by Crippen LogP contribution is 2.38. The highest BCUT2D eigenvalue weighted by atomic mass is 16.7. The quantitative estimate of drug-likeness (QED) is 0.163. The maximum absolute atomic E-state index is 13.9. The van der Waals surface area contributed by atoms with Crippen molar-refractivity contribution in [1.82, 2.24) is 4.98 Å². The second-order valence-corrected chi connectivity index (χ2v) is 10.7. The maximum Gasteiger partial charge on any atom is 0.411 e. The largest absolute Gasteiger partial charge is 0.457 e. The number of carbonyl (C=O) groups is 2. The summed E-state index contributed by atoms with van der Waals surface area (Å²) < 4.78 is 27.2. The number of esters is 1. The number of allylic oxidation sites excluding steroid dienone is 1. The molecule has 0 bridgehead atoms. The van der Waals surface area contributed by atoms with Crippen LogP contribution < -0.4 is 20.4 Å². The number of para-hydroxylation sites is 1. The summed E-state index contributed by atoms with van der Waals surface area (Å²) in [5.41, 5.74) is 5.27. The second kappa shape index (κ2) is 11.8. The van der Waals surface area contributed by atoms with E-state index in [2.05, 4.69) is 11.4 Å². The summed E-state index contributed by atoms with van der Waals surface area (Å²) in [6.45, 7) is 1.97. The smallest absolute Gasteiger partial charge is 0.411 e. The summed E-state index contributed by atoms with van der Waals surface area (Å²) in [7, 11) is 0. The average Bonchev–Trinajstić information content (AvgIpc) is 3.50. The fraction of sp³-hybridized carbons (Fsp3) is 0.200. The van der Waals surface area contributed by atoms with Gasteiger partial charge in [0, 0.05) is 34.2 Å². The minimum absolute atomic E-state index is 0.156. The lowest BCUT2D eigenvalue weighted by atomic mass is 9.86. The first-order valence-electron chi connectivity index (χ1n) is 14.7. The van der Waals surface area contributed by atoms with E-state index in [-0.39, 0.29) is 25.6 Å². The van der Waals surface area contributed by atoms with Crippen molar-refractivity contribution >= 4 is 51.3 Å². The third-order valence-corrected chi connectivity index (χ3v) is 7.82. The molecule has 10 heteroatoms. The van der Waals surface area contributed by atoms with Crippen molar-refractivity contribution in [3.8, 4) is 11.5 Å². The summed E-state index contributed by atoms with van der Waals surface area (Å²) >= 11 is 0. The molecule has 0 saturated heterocycles. The van der Waals surface area contributed by atoms with Gasteiger partial charge in [0.2, 0.25) is 6.79 Å². The van der Waals surface area contributed by atoms with Crippen molar-refractivity contribution in [1.29, 1.82) is 0 Å². The van der Waals surface area contributed by atoms with Crippen LogP contribution in [0.1, 0.15) is 52.5 Å². The molecule has 226 valence electrons. The Kier molecular flexibility index (Phi) is 7.38. The van der Waals surface area contributed by atoms with E-state index < -0.39 is 17.7 Å². The minimum Gasteiger partial charge on any atom is -0.457 e. The van der Waals surface area contributed by atoms with Crippen LogP contribution in [0.15, 0.2) is 75.9 Å². The normalized spacial score (nSPS) is 14.4. The zero-order valence-electron chi connectivity index (χ0n) is 24.4. The molecule has 45 heavy (non-hydrogen) atoms. The molecule has 0 spiro atoms. The van der Waals surface area contributed by atoms with Gasteiger partial charge in [-0.2, -0.15) is 0 Å². The highest BCUT2D eigenvalue weighted by molar-refractivity contribution is 6.06. The molecule has 3 aromatic carbocycles. The van der Waals surface area contributed by atoms with Gasteiger partial charge in [-0.25, -0.2) is 19.4 Å². The number of pyridine rings is 1. The first-order chi connectivity index (χ1) is 22.0. The van der Waals surface area contributed by atoms with Crippen LogP contribution in [0.25, 0.3) is 33.5 Å². The molecule has 1 N–H and O–H groups in total. The van der Waals surface area contributed by atoms with Gasteiger partial charge in [-0.1, -0.05) is 24.3 Å². The lowest BCUT2D eigenvalue weighted by molar-refractivity contribution is 0.0474. The number of carbonyl (C=O) groups excluding carboxylic acids is 2. The SMILES string of the molecule is CCOC(=O)Nc1ccc2c(COC(=O)c3c4c(nc5ccccc35)C(=Cc3ccc5c(c3)OCO5)CCC4)cc(=O)oc2c1. The van der Waals surface area contributed by atoms with Crippen LogP contribution in [-0.4, -0.2) is 30.4 Å². The van der Waals surface area contributed by atoms with Crippen molar-refractivity contribution in [2.75, 3.05) is 18.7 Å². The van der Waals surface area contributed by atoms with Crippen LogP contribution in [0.4, 0.5) is 10.5 Å². The number of anilines is 1. The Morgan fingerprint density at radius 3 is 2.71 bits per heavy atom. The van der Waals surface area contributed by atoms with Gasteiger partial charge in [0.25, 0.3) is 0 Å². The third kappa shape index (κ3) is 5.58. The molecule has 1 aliphatic carbocycles. The Hall–Kier alpha value is -5.64. The summed E-state index contributed by atoms with van der Waals surface area (Å²) in [6.07, 6.45) is 3.78. The van der Waals surface area contributed by atoms with Gasteiger partial charge < -0.3 is 23.4 Å². The Bertz CT molecular complexity index is 2080. The van der Waals surface area contributed by atoms with E-state index in [0.717, 1.165) is 35.2 Å². The number of ether oxygens (including phenoxy) is 4. The number of hydrogen-bond acceptors (Lipinski definition) is 9. The molecule has 10 nitrogen and oxygen atoms in total. The highest BCUT2D eigenvalue weighted by Gasteiger charge is 2.26. The number of rotatable bonds is 6. The van der Waals surface area contributed by atoms with Crippen LogP contribution >= 0.6 is 0 Å². The maximum atomic E-state index is 13.9. The number of nitrogens with one attached hydrogen (secondary N) is 1.